The van der Waals surface area contributed by atoms with Crippen molar-refractivity contribution in [2.45, 2.75) is 57.8 Å². The van der Waals surface area contributed by atoms with Gasteiger partial charge in [-0.2, -0.15) is 5.10 Å². The smallest absolute Gasteiger partial charge is 0.255 e. The molecule has 1 aromatic heterocycles. The summed E-state index contributed by atoms with van der Waals surface area (Å²) in [6.07, 6.45) is 9.51. The third-order valence-corrected chi connectivity index (χ3v) is 5.06. The molecule has 2 heterocycles. The van der Waals surface area contributed by atoms with Crippen LogP contribution in [-0.2, 0) is 10.2 Å². The lowest BCUT2D eigenvalue weighted by atomic mass is 9.70. The summed E-state index contributed by atoms with van der Waals surface area (Å²) >= 11 is 0. The van der Waals surface area contributed by atoms with Gasteiger partial charge in [-0.25, -0.2) is 0 Å². The highest BCUT2D eigenvalue weighted by molar-refractivity contribution is 6.07. The first kappa shape index (κ1) is 13.4. The van der Waals surface area contributed by atoms with Gasteiger partial charge in [-0.1, -0.05) is 32.3 Å². The quantitative estimate of drug-likeness (QED) is 0.918. The second-order valence-corrected chi connectivity index (χ2v) is 6.14. The first-order valence-corrected chi connectivity index (χ1v) is 7.71. The van der Waals surface area contributed by atoms with Gasteiger partial charge in [0.25, 0.3) is 5.91 Å². The maximum absolute atomic E-state index is 12.0. The van der Waals surface area contributed by atoms with Crippen molar-refractivity contribution >= 4 is 11.7 Å². The van der Waals surface area contributed by atoms with Crippen LogP contribution in [0, 0.1) is 0 Å². The number of hydrogen-bond acceptors (Lipinski definition) is 2. The van der Waals surface area contributed by atoms with E-state index in [1.807, 2.05) is 13.0 Å². The summed E-state index contributed by atoms with van der Waals surface area (Å²) in [5, 5.41) is 7.61. The zero-order valence-corrected chi connectivity index (χ0v) is 12.4. The van der Waals surface area contributed by atoms with Gasteiger partial charge in [0.2, 0.25) is 0 Å². The maximum atomic E-state index is 12.0. The normalized spacial score (nSPS) is 22.2. The summed E-state index contributed by atoms with van der Waals surface area (Å²) in [4.78, 5) is 13.8. The summed E-state index contributed by atoms with van der Waals surface area (Å²) in [7, 11) is 0. The molecule has 1 amide bonds. The van der Waals surface area contributed by atoms with E-state index < -0.39 is 0 Å². The van der Waals surface area contributed by atoms with E-state index in [0.717, 1.165) is 17.8 Å². The largest absolute Gasteiger partial charge is 0.288 e. The van der Waals surface area contributed by atoms with Gasteiger partial charge in [-0.3, -0.25) is 14.8 Å². The van der Waals surface area contributed by atoms with Crippen LogP contribution >= 0.6 is 0 Å². The second kappa shape index (κ2) is 5.08. The summed E-state index contributed by atoms with van der Waals surface area (Å²) in [6.45, 7) is 4.77. The highest BCUT2D eigenvalue weighted by Crippen LogP contribution is 2.42. The Labute approximate surface area is 120 Å². The number of amides is 1. The van der Waals surface area contributed by atoms with Gasteiger partial charge in [-0.15, -0.1) is 0 Å². The predicted molar refractivity (Wildman–Crippen MR) is 79.8 cm³/mol. The van der Waals surface area contributed by atoms with Crippen LogP contribution in [0.25, 0.3) is 0 Å². The lowest BCUT2D eigenvalue weighted by molar-refractivity contribution is -0.114. The molecule has 0 atom stereocenters. The molecule has 1 aromatic rings. The Hall–Kier alpha value is -1.58. The molecule has 0 spiro atoms. The molecule has 0 unspecified atom stereocenters. The van der Waals surface area contributed by atoms with Gasteiger partial charge >= 0.3 is 0 Å². The van der Waals surface area contributed by atoms with Gasteiger partial charge in [0.05, 0.1) is 0 Å². The first-order valence-electron chi connectivity index (χ1n) is 7.71. The zero-order valence-electron chi connectivity index (χ0n) is 12.4. The summed E-state index contributed by atoms with van der Waals surface area (Å²) in [5.74, 6) is 0.855. The van der Waals surface area contributed by atoms with Crippen molar-refractivity contribution in [3.05, 3.63) is 23.4 Å². The minimum atomic E-state index is 0.0808. The van der Waals surface area contributed by atoms with Crippen LogP contribution in [0.4, 0.5) is 5.82 Å². The van der Waals surface area contributed by atoms with E-state index in [4.69, 9.17) is 0 Å². The van der Waals surface area contributed by atoms with E-state index >= 15 is 0 Å². The second-order valence-electron chi connectivity index (χ2n) is 6.14. The van der Waals surface area contributed by atoms with Gasteiger partial charge in [-0.05, 0) is 26.2 Å². The van der Waals surface area contributed by atoms with Crippen molar-refractivity contribution in [1.29, 1.82) is 0 Å². The Kier molecular flexibility index (Phi) is 3.40. The fourth-order valence-electron chi connectivity index (χ4n) is 3.57. The Balaban J connectivity index is 1.85. The van der Waals surface area contributed by atoms with Crippen LogP contribution in [-0.4, -0.2) is 22.6 Å². The summed E-state index contributed by atoms with van der Waals surface area (Å²) in [5.41, 5.74) is 2.28. The van der Waals surface area contributed by atoms with Crippen molar-refractivity contribution in [2.24, 2.45) is 0 Å². The molecule has 108 valence electrons. The molecule has 4 nitrogen and oxygen atoms in total. The fraction of sp³-hybridized carbons (Fsp3) is 0.625. The van der Waals surface area contributed by atoms with Gasteiger partial charge in [0.15, 0.2) is 5.82 Å². The lowest BCUT2D eigenvalue weighted by Gasteiger charge is -2.35. The van der Waals surface area contributed by atoms with Crippen molar-refractivity contribution in [1.82, 2.24) is 10.2 Å². The van der Waals surface area contributed by atoms with Gasteiger partial charge in [0, 0.05) is 29.3 Å². The van der Waals surface area contributed by atoms with E-state index in [2.05, 4.69) is 23.2 Å². The van der Waals surface area contributed by atoms with Crippen LogP contribution in [0.2, 0.25) is 0 Å². The Morgan fingerprint density at radius 2 is 2.10 bits per heavy atom. The molecule has 3 rings (SSSR count). The number of hydrogen-bond donors (Lipinski definition) is 1. The Morgan fingerprint density at radius 1 is 1.35 bits per heavy atom. The van der Waals surface area contributed by atoms with Crippen LogP contribution in [0.15, 0.2) is 17.7 Å². The molecule has 0 bridgehead atoms. The number of nitrogens with zero attached hydrogens (tertiary/aromatic N) is 2. The molecule has 0 aromatic carbocycles. The number of nitrogens with one attached hydrogen (secondary N) is 1. The molecular weight excluding hydrogens is 250 g/mol. The average molecular weight is 273 g/mol. The molecule has 4 heteroatoms. The zero-order chi connectivity index (χ0) is 14.2. The first-order chi connectivity index (χ1) is 9.66. The molecule has 1 saturated carbocycles. The third-order valence-electron chi connectivity index (χ3n) is 5.06. The molecule has 1 fully saturated rings. The lowest BCUT2D eigenvalue weighted by Crippen LogP contribution is -2.29. The van der Waals surface area contributed by atoms with Gasteiger partial charge in [0.1, 0.15) is 0 Å². The predicted octanol–water partition coefficient (Wildman–Crippen LogP) is 3.31. The average Bonchev–Trinajstić information content (AvgIpc) is 3.08. The highest BCUT2D eigenvalue weighted by atomic mass is 16.2. The van der Waals surface area contributed by atoms with Crippen LogP contribution in [0.5, 0.6) is 0 Å². The molecule has 1 aliphatic heterocycles. The standard InChI is InChI=1S/C16H23N3O/c1-3-16(8-5-4-6-9-16)13-11-14(18-17-13)19-10-7-12(2)15(19)20/h7,11H,3-6,8-10H2,1-2H3,(H,17,18). The number of H-pyrrole nitrogens is 1. The molecule has 0 saturated heterocycles. The highest BCUT2D eigenvalue weighted by Gasteiger charge is 2.35. The van der Waals surface area contributed by atoms with Crippen molar-refractivity contribution in [3.8, 4) is 0 Å². The summed E-state index contributed by atoms with van der Waals surface area (Å²) in [6, 6.07) is 2.10. The fourth-order valence-corrected chi connectivity index (χ4v) is 3.57. The Bertz CT molecular complexity index is 538. The van der Waals surface area contributed by atoms with Crippen molar-refractivity contribution in [3.63, 3.8) is 0 Å². The third kappa shape index (κ3) is 2.07. The number of carbonyl (C=O) groups is 1. The minimum absolute atomic E-state index is 0.0808. The maximum Gasteiger partial charge on any atom is 0.255 e. The molecule has 20 heavy (non-hydrogen) atoms. The number of anilines is 1. The van der Waals surface area contributed by atoms with Crippen LogP contribution < -0.4 is 4.90 Å². The van der Waals surface area contributed by atoms with E-state index in [0.29, 0.717) is 6.54 Å². The monoisotopic (exact) mass is 273 g/mol. The molecule has 1 aliphatic carbocycles. The van der Waals surface area contributed by atoms with Gasteiger partial charge < -0.3 is 0 Å². The van der Waals surface area contributed by atoms with Crippen molar-refractivity contribution in [2.75, 3.05) is 11.4 Å². The number of carbonyl (C=O) groups excluding carboxylic acids is 1. The molecule has 0 radical (unpaired) electrons. The Morgan fingerprint density at radius 3 is 2.70 bits per heavy atom. The van der Waals surface area contributed by atoms with Crippen molar-refractivity contribution < 1.29 is 4.79 Å². The van der Waals surface area contributed by atoms with Crippen LogP contribution in [0.3, 0.4) is 0 Å². The van der Waals surface area contributed by atoms with E-state index in [1.165, 1.54) is 37.8 Å². The number of aromatic amines is 1. The number of aromatic nitrogens is 2. The van der Waals surface area contributed by atoms with E-state index in [1.54, 1.807) is 4.90 Å². The van der Waals surface area contributed by atoms with E-state index in [9.17, 15) is 4.79 Å². The summed E-state index contributed by atoms with van der Waals surface area (Å²) < 4.78 is 0. The SMILES string of the molecule is CCC1(c2cc(N3CC=C(C)C3=O)n[nH]2)CCCCC1. The molecule has 1 N–H and O–H groups in total. The molecular formula is C16H23N3O. The van der Waals surface area contributed by atoms with Crippen LogP contribution in [0.1, 0.15) is 58.1 Å². The minimum Gasteiger partial charge on any atom is -0.288 e. The topological polar surface area (TPSA) is 49.0 Å². The number of rotatable bonds is 3. The molecule has 2 aliphatic rings. The van der Waals surface area contributed by atoms with E-state index in [-0.39, 0.29) is 11.3 Å².